The molecule has 1 unspecified atom stereocenters. The first-order valence-electron chi connectivity index (χ1n) is 6.67. The van der Waals surface area contributed by atoms with Gasteiger partial charge in [0.15, 0.2) is 0 Å². The van der Waals surface area contributed by atoms with Gasteiger partial charge in [0.05, 0.1) is 12.6 Å². The van der Waals surface area contributed by atoms with Gasteiger partial charge in [-0.2, -0.15) is 0 Å². The van der Waals surface area contributed by atoms with E-state index < -0.39 is 0 Å². The van der Waals surface area contributed by atoms with Crippen LogP contribution in [0.5, 0.6) is 0 Å². The molecule has 0 aliphatic carbocycles. The number of hydrogen-bond acceptors (Lipinski definition) is 4. The number of carbonyl (C=O) groups is 1. The topological polar surface area (TPSA) is 54.5 Å². The lowest BCUT2D eigenvalue weighted by molar-refractivity contribution is 0.0633. The van der Waals surface area contributed by atoms with Crippen LogP contribution in [0.15, 0.2) is 12.1 Å². The van der Waals surface area contributed by atoms with Crippen LogP contribution in [-0.2, 0) is 4.74 Å². The second-order valence-corrected chi connectivity index (χ2v) is 5.10. The Balaban J connectivity index is 2.89. The number of likely N-dealkylation sites (N-methyl/N-ethyl adjacent to an activating group) is 1. The highest BCUT2D eigenvalue weighted by molar-refractivity contribution is 6.29. The highest BCUT2D eigenvalue weighted by atomic mass is 35.5. The van der Waals surface area contributed by atoms with Crippen LogP contribution in [0.1, 0.15) is 30.6 Å². The predicted molar refractivity (Wildman–Crippen MR) is 81.5 cm³/mol. The van der Waals surface area contributed by atoms with Crippen molar-refractivity contribution in [3.63, 3.8) is 0 Å². The molecule has 0 radical (unpaired) electrons. The number of amides is 1. The molecule has 0 aliphatic heterocycles. The van der Waals surface area contributed by atoms with E-state index in [9.17, 15) is 4.79 Å². The average molecular weight is 300 g/mol. The first-order valence-corrected chi connectivity index (χ1v) is 7.05. The van der Waals surface area contributed by atoms with E-state index >= 15 is 0 Å². The zero-order valence-corrected chi connectivity index (χ0v) is 13.2. The maximum absolute atomic E-state index is 12.4. The number of hydrogen-bond donors (Lipinski definition) is 1. The minimum absolute atomic E-state index is 0.00788. The molecule has 0 saturated carbocycles. The van der Waals surface area contributed by atoms with Crippen molar-refractivity contribution in [1.82, 2.24) is 9.88 Å². The van der Waals surface area contributed by atoms with Crippen molar-refractivity contribution in [2.75, 3.05) is 32.6 Å². The van der Waals surface area contributed by atoms with E-state index in [-0.39, 0.29) is 11.9 Å². The Labute approximate surface area is 125 Å². The van der Waals surface area contributed by atoms with Crippen molar-refractivity contribution >= 4 is 23.3 Å². The van der Waals surface area contributed by atoms with Crippen molar-refractivity contribution in [3.8, 4) is 0 Å². The van der Waals surface area contributed by atoms with Crippen molar-refractivity contribution < 1.29 is 9.53 Å². The molecular formula is C14H22ClN3O2. The number of carbonyl (C=O) groups excluding carboxylic acids is 1. The van der Waals surface area contributed by atoms with Gasteiger partial charge in [-0.25, -0.2) is 4.98 Å². The second kappa shape index (κ2) is 8.07. The number of rotatable bonds is 7. The van der Waals surface area contributed by atoms with Gasteiger partial charge in [-0.05, 0) is 25.5 Å². The molecule has 20 heavy (non-hydrogen) atoms. The number of methoxy groups -OCH3 is 1. The molecule has 0 bridgehead atoms. The first kappa shape index (κ1) is 16.7. The summed E-state index contributed by atoms with van der Waals surface area (Å²) in [4.78, 5) is 18.2. The fraction of sp³-hybridized carbons (Fsp3) is 0.571. The largest absolute Gasteiger partial charge is 0.383 e. The van der Waals surface area contributed by atoms with Crippen LogP contribution in [0.3, 0.4) is 0 Å². The van der Waals surface area contributed by atoms with Crippen molar-refractivity contribution in [2.24, 2.45) is 0 Å². The summed E-state index contributed by atoms with van der Waals surface area (Å²) < 4.78 is 5.07. The van der Waals surface area contributed by atoms with Gasteiger partial charge in [0.1, 0.15) is 11.0 Å². The summed E-state index contributed by atoms with van der Waals surface area (Å²) in [5.41, 5.74) is 0.522. The van der Waals surface area contributed by atoms with Crippen molar-refractivity contribution in [3.05, 3.63) is 22.8 Å². The zero-order chi connectivity index (χ0) is 15.1. The molecule has 5 nitrogen and oxygen atoms in total. The normalized spacial score (nSPS) is 12.1. The number of nitrogens with zero attached hydrogens (tertiary/aromatic N) is 2. The number of aromatic nitrogens is 1. The quantitative estimate of drug-likeness (QED) is 0.787. The summed E-state index contributed by atoms with van der Waals surface area (Å²) in [6, 6.07) is 3.29. The Morgan fingerprint density at radius 1 is 1.55 bits per heavy atom. The van der Waals surface area contributed by atoms with Crippen LogP contribution >= 0.6 is 11.6 Å². The first-order chi connectivity index (χ1) is 9.49. The molecule has 1 N–H and O–H groups in total. The smallest absolute Gasteiger partial charge is 0.254 e. The zero-order valence-electron chi connectivity index (χ0n) is 12.4. The molecular weight excluding hydrogens is 278 g/mol. The van der Waals surface area contributed by atoms with Crippen LogP contribution in [-0.4, -0.2) is 49.1 Å². The highest BCUT2D eigenvalue weighted by Crippen LogP contribution is 2.17. The third-order valence-electron chi connectivity index (χ3n) is 2.99. The van der Waals surface area contributed by atoms with E-state index in [1.807, 2.05) is 6.92 Å². The number of nitrogens with one attached hydrogen (secondary N) is 1. The summed E-state index contributed by atoms with van der Waals surface area (Å²) in [5.74, 6) is 0.522. The van der Waals surface area contributed by atoms with Crippen LogP contribution in [0.2, 0.25) is 5.15 Å². The molecule has 0 aliphatic rings. The molecule has 1 aromatic rings. The SMILES string of the molecule is CCCNc1cc(C(=O)N(C)C(C)COC)cc(Cl)n1. The third kappa shape index (κ3) is 4.65. The highest BCUT2D eigenvalue weighted by Gasteiger charge is 2.18. The third-order valence-corrected chi connectivity index (χ3v) is 3.18. The molecule has 1 heterocycles. The van der Waals surface area contributed by atoms with Gasteiger partial charge in [0.25, 0.3) is 5.91 Å². The van der Waals surface area contributed by atoms with E-state index in [0.29, 0.717) is 23.1 Å². The molecule has 1 amide bonds. The summed E-state index contributed by atoms with van der Waals surface area (Å²) in [7, 11) is 3.37. The molecule has 0 fully saturated rings. The molecule has 1 aromatic heterocycles. The van der Waals surface area contributed by atoms with Crippen LogP contribution < -0.4 is 5.32 Å². The molecule has 0 aromatic carbocycles. The fourth-order valence-corrected chi connectivity index (χ4v) is 1.93. The van der Waals surface area contributed by atoms with Gasteiger partial charge in [-0.15, -0.1) is 0 Å². The van der Waals surface area contributed by atoms with Gasteiger partial charge in [0, 0.05) is 26.3 Å². The monoisotopic (exact) mass is 299 g/mol. The van der Waals surface area contributed by atoms with E-state index in [4.69, 9.17) is 16.3 Å². The van der Waals surface area contributed by atoms with Gasteiger partial charge >= 0.3 is 0 Å². The van der Waals surface area contributed by atoms with Crippen LogP contribution in [0.4, 0.5) is 5.82 Å². The lowest BCUT2D eigenvalue weighted by atomic mass is 10.2. The molecule has 0 spiro atoms. The number of halogens is 1. The van der Waals surface area contributed by atoms with Gasteiger partial charge < -0.3 is 15.0 Å². The Hall–Kier alpha value is -1.33. The maximum Gasteiger partial charge on any atom is 0.254 e. The number of pyridine rings is 1. The minimum atomic E-state index is -0.0987. The van der Waals surface area contributed by atoms with E-state index in [0.717, 1.165) is 13.0 Å². The lowest BCUT2D eigenvalue weighted by Gasteiger charge is -2.24. The number of anilines is 1. The summed E-state index contributed by atoms with van der Waals surface area (Å²) >= 11 is 5.97. The van der Waals surface area contributed by atoms with E-state index in [2.05, 4.69) is 17.2 Å². The molecule has 112 valence electrons. The van der Waals surface area contributed by atoms with Gasteiger partial charge in [0.2, 0.25) is 0 Å². The van der Waals surface area contributed by atoms with Gasteiger partial charge in [-0.3, -0.25) is 4.79 Å². The van der Waals surface area contributed by atoms with Crippen molar-refractivity contribution in [1.29, 1.82) is 0 Å². The minimum Gasteiger partial charge on any atom is -0.383 e. The van der Waals surface area contributed by atoms with E-state index in [1.165, 1.54) is 0 Å². The average Bonchev–Trinajstić information content (AvgIpc) is 2.43. The lowest BCUT2D eigenvalue weighted by Crippen LogP contribution is -2.37. The molecule has 6 heteroatoms. The molecule has 1 atom stereocenters. The van der Waals surface area contributed by atoms with Crippen molar-refractivity contribution in [2.45, 2.75) is 26.3 Å². The molecule has 1 rings (SSSR count). The predicted octanol–water partition coefficient (Wildman–Crippen LogP) is 2.66. The van der Waals surface area contributed by atoms with Crippen LogP contribution in [0, 0.1) is 0 Å². The fourth-order valence-electron chi connectivity index (χ4n) is 1.72. The Morgan fingerprint density at radius 2 is 2.25 bits per heavy atom. The van der Waals surface area contributed by atoms with E-state index in [1.54, 1.807) is 31.2 Å². The molecule has 0 saturated heterocycles. The van der Waals surface area contributed by atoms with Crippen LogP contribution in [0.25, 0.3) is 0 Å². The Morgan fingerprint density at radius 3 is 2.85 bits per heavy atom. The Bertz CT molecular complexity index is 454. The Kier molecular flexibility index (Phi) is 6.75. The standard InChI is InChI=1S/C14H22ClN3O2/c1-5-6-16-13-8-11(7-12(15)17-13)14(19)18(3)10(2)9-20-4/h7-8,10H,5-6,9H2,1-4H3,(H,16,17). The summed E-state index contributed by atoms with van der Waals surface area (Å²) in [6.07, 6.45) is 0.974. The second-order valence-electron chi connectivity index (χ2n) is 4.71. The summed E-state index contributed by atoms with van der Waals surface area (Å²) in [6.45, 7) is 5.27. The summed E-state index contributed by atoms with van der Waals surface area (Å²) in [5, 5.41) is 3.44. The maximum atomic E-state index is 12.4. The number of ether oxygens (including phenoxy) is 1. The van der Waals surface area contributed by atoms with Gasteiger partial charge in [-0.1, -0.05) is 18.5 Å².